The highest BCUT2D eigenvalue weighted by atomic mass is 35.5. The Hall–Kier alpha value is -1.50. The molecule has 0 bridgehead atoms. The van der Waals surface area contributed by atoms with Crippen molar-refractivity contribution < 1.29 is 4.79 Å². The molecule has 2 aromatic rings. The molecule has 0 aliphatic carbocycles. The van der Waals surface area contributed by atoms with Crippen molar-refractivity contribution >= 4 is 29.2 Å². The molecule has 7 heteroatoms. The van der Waals surface area contributed by atoms with Gasteiger partial charge in [-0.05, 0) is 24.1 Å². The van der Waals surface area contributed by atoms with Crippen molar-refractivity contribution in [3.05, 3.63) is 46.7 Å². The fourth-order valence-corrected chi connectivity index (χ4v) is 3.13. The van der Waals surface area contributed by atoms with E-state index in [0.717, 1.165) is 55.9 Å². The lowest BCUT2D eigenvalue weighted by atomic mass is 10.2. The smallest absolute Gasteiger partial charge is 0.275 e. The maximum absolute atomic E-state index is 12.3. The quantitative estimate of drug-likeness (QED) is 0.864. The molecule has 0 spiro atoms. The van der Waals surface area contributed by atoms with Crippen molar-refractivity contribution in [2.75, 3.05) is 26.2 Å². The van der Waals surface area contributed by atoms with E-state index in [1.807, 2.05) is 17.0 Å². The summed E-state index contributed by atoms with van der Waals surface area (Å²) in [6.07, 6.45) is 2.51. The Labute approximate surface area is 138 Å². The third kappa shape index (κ3) is 3.82. The SMILES string of the molecule is O=C(c1cnsn1)N1CCCN(Cc2ccc(Cl)cc2)CC1. The van der Waals surface area contributed by atoms with Crippen LogP contribution in [0.1, 0.15) is 22.5 Å². The number of amides is 1. The highest BCUT2D eigenvalue weighted by Crippen LogP contribution is 2.14. The van der Waals surface area contributed by atoms with E-state index in [2.05, 4.69) is 25.8 Å². The van der Waals surface area contributed by atoms with Gasteiger partial charge in [-0.2, -0.15) is 8.75 Å². The minimum atomic E-state index is -0.0120. The van der Waals surface area contributed by atoms with Gasteiger partial charge in [0.2, 0.25) is 0 Å². The molecule has 0 N–H and O–H groups in total. The molecule has 3 rings (SSSR count). The maximum atomic E-state index is 12.3. The molecule has 1 aromatic carbocycles. The van der Waals surface area contributed by atoms with Gasteiger partial charge in [-0.3, -0.25) is 9.69 Å². The molecule has 1 aliphatic rings. The number of aromatic nitrogens is 2. The molecule has 1 fully saturated rings. The van der Waals surface area contributed by atoms with E-state index >= 15 is 0 Å². The molecule has 1 saturated heterocycles. The number of nitrogens with zero attached hydrogens (tertiary/aromatic N) is 4. The van der Waals surface area contributed by atoms with Gasteiger partial charge in [0.25, 0.3) is 5.91 Å². The first-order valence-electron chi connectivity index (χ1n) is 7.26. The van der Waals surface area contributed by atoms with Gasteiger partial charge in [-0.25, -0.2) is 0 Å². The van der Waals surface area contributed by atoms with Crippen LogP contribution in [0.2, 0.25) is 5.02 Å². The number of benzene rings is 1. The highest BCUT2D eigenvalue weighted by molar-refractivity contribution is 6.99. The summed E-state index contributed by atoms with van der Waals surface area (Å²) in [4.78, 5) is 16.6. The number of halogens is 1. The summed E-state index contributed by atoms with van der Waals surface area (Å²) in [5, 5.41) is 0.758. The molecule has 1 aliphatic heterocycles. The van der Waals surface area contributed by atoms with Crippen LogP contribution >= 0.6 is 23.3 Å². The van der Waals surface area contributed by atoms with Crippen LogP contribution in [0.5, 0.6) is 0 Å². The number of carbonyl (C=O) groups is 1. The lowest BCUT2D eigenvalue weighted by molar-refractivity contribution is 0.0756. The molecule has 0 atom stereocenters. The predicted octanol–water partition coefficient (Wildman–Crippen LogP) is 2.54. The third-order valence-electron chi connectivity index (χ3n) is 3.78. The van der Waals surface area contributed by atoms with E-state index in [9.17, 15) is 4.79 Å². The van der Waals surface area contributed by atoms with E-state index in [1.54, 1.807) is 6.20 Å². The van der Waals surface area contributed by atoms with Crippen molar-refractivity contribution in [1.82, 2.24) is 18.5 Å². The average Bonchev–Trinajstić information content (AvgIpc) is 2.96. The van der Waals surface area contributed by atoms with Crippen LogP contribution in [0.3, 0.4) is 0 Å². The van der Waals surface area contributed by atoms with Gasteiger partial charge in [0.1, 0.15) is 0 Å². The first kappa shape index (κ1) is 15.4. The zero-order valence-corrected chi connectivity index (χ0v) is 13.7. The molecule has 116 valence electrons. The second-order valence-corrected chi connectivity index (χ2v) is 6.33. The normalized spacial score (nSPS) is 16.5. The molecule has 0 saturated carbocycles. The van der Waals surface area contributed by atoms with Crippen LogP contribution < -0.4 is 0 Å². The Kier molecular flexibility index (Phi) is 5.02. The van der Waals surface area contributed by atoms with Gasteiger partial charge in [-0.15, -0.1) is 0 Å². The fraction of sp³-hybridized carbons (Fsp3) is 0.400. The second-order valence-electron chi connectivity index (χ2n) is 5.34. The van der Waals surface area contributed by atoms with Crippen molar-refractivity contribution in [2.24, 2.45) is 0 Å². The molecule has 22 heavy (non-hydrogen) atoms. The topological polar surface area (TPSA) is 49.3 Å². The number of hydrogen-bond donors (Lipinski definition) is 0. The number of carbonyl (C=O) groups excluding carboxylic acids is 1. The van der Waals surface area contributed by atoms with Gasteiger partial charge < -0.3 is 4.90 Å². The van der Waals surface area contributed by atoms with Crippen LogP contribution in [0.4, 0.5) is 0 Å². The molecule has 5 nitrogen and oxygen atoms in total. The predicted molar refractivity (Wildman–Crippen MR) is 87.2 cm³/mol. The van der Waals surface area contributed by atoms with Crippen LogP contribution in [0, 0.1) is 0 Å². The third-order valence-corrected chi connectivity index (χ3v) is 4.51. The molecular formula is C15H17ClN4OS. The van der Waals surface area contributed by atoms with Crippen molar-refractivity contribution in [3.63, 3.8) is 0 Å². The first-order valence-corrected chi connectivity index (χ1v) is 8.37. The summed E-state index contributed by atoms with van der Waals surface area (Å²) in [7, 11) is 0. The minimum absolute atomic E-state index is 0.0120. The lowest BCUT2D eigenvalue weighted by Gasteiger charge is -2.21. The molecular weight excluding hydrogens is 320 g/mol. The van der Waals surface area contributed by atoms with Gasteiger partial charge in [0, 0.05) is 37.7 Å². The van der Waals surface area contributed by atoms with E-state index in [0.29, 0.717) is 5.69 Å². The van der Waals surface area contributed by atoms with Crippen molar-refractivity contribution in [1.29, 1.82) is 0 Å². The summed E-state index contributed by atoms with van der Waals surface area (Å²) < 4.78 is 7.93. The number of hydrogen-bond acceptors (Lipinski definition) is 5. The van der Waals surface area contributed by atoms with E-state index in [4.69, 9.17) is 11.6 Å². The molecule has 0 radical (unpaired) electrons. The van der Waals surface area contributed by atoms with Crippen LogP contribution in [-0.4, -0.2) is 50.6 Å². The summed E-state index contributed by atoms with van der Waals surface area (Å²) in [6, 6.07) is 7.94. The zero-order chi connectivity index (χ0) is 15.4. The molecule has 1 amide bonds. The Morgan fingerprint density at radius 3 is 2.73 bits per heavy atom. The molecule has 1 aromatic heterocycles. The minimum Gasteiger partial charge on any atom is -0.336 e. The van der Waals surface area contributed by atoms with E-state index < -0.39 is 0 Å². The zero-order valence-electron chi connectivity index (χ0n) is 12.1. The monoisotopic (exact) mass is 336 g/mol. The van der Waals surface area contributed by atoms with E-state index in [1.165, 1.54) is 5.56 Å². The highest BCUT2D eigenvalue weighted by Gasteiger charge is 2.21. The van der Waals surface area contributed by atoms with Crippen LogP contribution in [0.25, 0.3) is 0 Å². The molecule has 2 heterocycles. The second kappa shape index (κ2) is 7.17. The summed E-state index contributed by atoms with van der Waals surface area (Å²) in [5.41, 5.74) is 1.70. The first-order chi connectivity index (χ1) is 10.7. The van der Waals surface area contributed by atoms with Gasteiger partial charge >= 0.3 is 0 Å². The Bertz CT molecular complexity index is 617. The summed E-state index contributed by atoms with van der Waals surface area (Å²) >= 11 is 6.99. The average molecular weight is 337 g/mol. The Morgan fingerprint density at radius 1 is 1.18 bits per heavy atom. The van der Waals surface area contributed by atoms with Gasteiger partial charge in [0.05, 0.1) is 17.9 Å². The lowest BCUT2D eigenvalue weighted by Crippen LogP contribution is -2.35. The Morgan fingerprint density at radius 2 is 2.00 bits per heavy atom. The van der Waals surface area contributed by atoms with Gasteiger partial charge in [0.15, 0.2) is 5.69 Å². The van der Waals surface area contributed by atoms with E-state index in [-0.39, 0.29) is 5.91 Å². The fourth-order valence-electron chi connectivity index (χ4n) is 2.60. The van der Waals surface area contributed by atoms with Crippen molar-refractivity contribution in [3.8, 4) is 0 Å². The summed E-state index contributed by atoms with van der Waals surface area (Å²) in [5.74, 6) is -0.0120. The summed E-state index contributed by atoms with van der Waals surface area (Å²) in [6.45, 7) is 4.24. The standard InChI is InChI=1S/C15H17ClN4OS/c16-13-4-2-12(3-5-13)11-19-6-1-7-20(9-8-19)15(21)14-10-17-22-18-14/h2-5,10H,1,6-9,11H2. The van der Waals surface area contributed by atoms with Crippen LogP contribution in [0.15, 0.2) is 30.5 Å². The van der Waals surface area contributed by atoms with Gasteiger partial charge in [-0.1, -0.05) is 23.7 Å². The van der Waals surface area contributed by atoms with Crippen LogP contribution in [-0.2, 0) is 6.54 Å². The Balaban J connectivity index is 1.58. The largest absolute Gasteiger partial charge is 0.336 e. The molecule has 0 unspecified atom stereocenters. The number of rotatable bonds is 3. The van der Waals surface area contributed by atoms with Crippen molar-refractivity contribution in [2.45, 2.75) is 13.0 Å². The maximum Gasteiger partial charge on any atom is 0.275 e.